The summed E-state index contributed by atoms with van der Waals surface area (Å²) in [6.45, 7) is 6.22. The van der Waals surface area contributed by atoms with Crippen LogP contribution in [0.3, 0.4) is 0 Å². The van der Waals surface area contributed by atoms with Crippen molar-refractivity contribution >= 4 is 23.1 Å². The van der Waals surface area contributed by atoms with Crippen molar-refractivity contribution in [1.82, 2.24) is 9.97 Å². The van der Waals surface area contributed by atoms with E-state index in [1.165, 1.54) is 5.56 Å². The molecule has 4 nitrogen and oxygen atoms in total. The summed E-state index contributed by atoms with van der Waals surface area (Å²) in [7, 11) is 0. The Bertz CT molecular complexity index is 984. The normalized spacial score (nSPS) is 12.5. The summed E-state index contributed by atoms with van der Waals surface area (Å²) < 4.78 is 40.5. The lowest BCUT2D eigenvalue weighted by atomic mass is 9.99. The molecule has 1 atom stereocenters. The number of rotatable bonds is 7. The van der Waals surface area contributed by atoms with Crippen molar-refractivity contribution < 1.29 is 13.2 Å². The fraction of sp³-hybridized carbons (Fsp3) is 0.304. The van der Waals surface area contributed by atoms with Gasteiger partial charge in [-0.3, -0.25) is 0 Å². The monoisotopic (exact) mass is 414 g/mol. The zero-order chi connectivity index (χ0) is 21.7. The molecular weight excluding hydrogens is 389 g/mol. The molecule has 0 saturated carbocycles. The number of anilines is 4. The molecule has 0 saturated heterocycles. The Hall–Kier alpha value is -3.09. The number of halogens is 3. The van der Waals surface area contributed by atoms with Crippen molar-refractivity contribution in [2.45, 2.75) is 45.7 Å². The second-order valence-electron chi connectivity index (χ2n) is 7.15. The Balaban J connectivity index is 1.91. The summed E-state index contributed by atoms with van der Waals surface area (Å²) >= 11 is 0. The van der Waals surface area contributed by atoms with E-state index in [-0.39, 0.29) is 11.8 Å². The van der Waals surface area contributed by atoms with Gasteiger partial charge in [-0.2, -0.15) is 18.2 Å². The minimum absolute atomic E-state index is 0.0933. The Morgan fingerprint density at radius 3 is 2.30 bits per heavy atom. The number of hydrogen-bond donors (Lipinski definition) is 2. The molecule has 0 fully saturated rings. The average Bonchev–Trinajstić information content (AvgIpc) is 2.73. The number of nitrogens with one attached hydrogen (secondary N) is 2. The van der Waals surface area contributed by atoms with E-state index in [4.69, 9.17) is 0 Å². The lowest BCUT2D eigenvalue weighted by Gasteiger charge is -2.16. The van der Waals surface area contributed by atoms with Gasteiger partial charge in [0.1, 0.15) is 11.4 Å². The Labute approximate surface area is 174 Å². The molecule has 0 radical (unpaired) electrons. The second-order valence-corrected chi connectivity index (χ2v) is 7.15. The Kier molecular flexibility index (Phi) is 6.59. The summed E-state index contributed by atoms with van der Waals surface area (Å²) in [6.07, 6.45) is -2.05. The molecule has 3 aromatic rings. The second kappa shape index (κ2) is 9.15. The predicted molar refractivity (Wildman–Crippen MR) is 115 cm³/mol. The third kappa shape index (κ3) is 5.09. The van der Waals surface area contributed by atoms with Gasteiger partial charge in [-0.25, -0.2) is 4.98 Å². The molecule has 0 bridgehead atoms. The lowest BCUT2D eigenvalue weighted by Crippen LogP contribution is -2.13. The molecule has 0 aliphatic carbocycles. The number of alkyl halides is 3. The summed E-state index contributed by atoms with van der Waals surface area (Å²) in [5, 5.41) is 5.84. The van der Waals surface area contributed by atoms with Crippen LogP contribution in [0.15, 0.2) is 54.7 Å². The molecule has 0 aliphatic heterocycles. The van der Waals surface area contributed by atoms with Gasteiger partial charge in [-0.1, -0.05) is 51.1 Å². The van der Waals surface area contributed by atoms with Crippen LogP contribution in [0.25, 0.3) is 0 Å². The highest BCUT2D eigenvalue weighted by Gasteiger charge is 2.35. The molecule has 3 rings (SSSR count). The maximum absolute atomic E-state index is 13.5. The van der Waals surface area contributed by atoms with Gasteiger partial charge in [0.2, 0.25) is 5.95 Å². The van der Waals surface area contributed by atoms with Crippen LogP contribution in [0.1, 0.15) is 49.8 Å². The fourth-order valence-corrected chi connectivity index (χ4v) is 3.08. The summed E-state index contributed by atoms with van der Waals surface area (Å²) in [5.74, 6) is 0.253. The van der Waals surface area contributed by atoms with Crippen LogP contribution in [0, 0.1) is 0 Å². The number of aromatic nitrogens is 2. The summed E-state index contributed by atoms with van der Waals surface area (Å²) in [5.41, 5.74) is 2.50. The van der Waals surface area contributed by atoms with Crippen LogP contribution in [0.2, 0.25) is 0 Å². The summed E-state index contributed by atoms with van der Waals surface area (Å²) in [6, 6.07) is 15.0. The number of aryl methyl sites for hydroxylation is 1. The van der Waals surface area contributed by atoms with Crippen LogP contribution >= 0.6 is 0 Å². The molecule has 0 aliphatic rings. The fourth-order valence-electron chi connectivity index (χ4n) is 3.08. The first-order chi connectivity index (χ1) is 14.3. The summed E-state index contributed by atoms with van der Waals surface area (Å²) in [4.78, 5) is 8.00. The van der Waals surface area contributed by atoms with Crippen molar-refractivity contribution in [2.75, 3.05) is 10.6 Å². The third-order valence-corrected chi connectivity index (χ3v) is 5.09. The van der Waals surface area contributed by atoms with Gasteiger partial charge >= 0.3 is 6.18 Å². The van der Waals surface area contributed by atoms with Crippen LogP contribution in [0.5, 0.6) is 0 Å². The molecule has 30 heavy (non-hydrogen) atoms. The predicted octanol–water partition coefficient (Wildman–Crippen LogP) is 7.06. The van der Waals surface area contributed by atoms with E-state index >= 15 is 0 Å². The minimum atomic E-state index is -4.57. The molecule has 1 unspecified atom stereocenters. The molecule has 158 valence electrons. The van der Waals surface area contributed by atoms with E-state index in [2.05, 4.69) is 34.4 Å². The molecule has 2 aromatic carbocycles. The van der Waals surface area contributed by atoms with Gasteiger partial charge in [0.05, 0.1) is 0 Å². The molecule has 2 N–H and O–H groups in total. The Morgan fingerprint density at radius 2 is 1.67 bits per heavy atom. The van der Waals surface area contributed by atoms with Crippen LogP contribution in [0.4, 0.5) is 36.3 Å². The minimum Gasteiger partial charge on any atom is -0.339 e. The van der Waals surface area contributed by atoms with Gasteiger partial charge in [0.15, 0.2) is 0 Å². The number of hydrogen-bond acceptors (Lipinski definition) is 4. The Morgan fingerprint density at radius 1 is 0.967 bits per heavy atom. The maximum Gasteiger partial charge on any atom is 0.421 e. The van der Waals surface area contributed by atoms with E-state index in [1.807, 2.05) is 43.3 Å². The van der Waals surface area contributed by atoms with Crippen LogP contribution in [-0.4, -0.2) is 9.97 Å². The molecule has 1 aromatic heterocycles. The number of benzene rings is 2. The first-order valence-electron chi connectivity index (χ1n) is 9.98. The van der Waals surface area contributed by atoms with Crippen LogP contribution < -0.4 is 10.6 Å². The maximum atomic E-state index is 13.5. The van der Waals surface area contributed by atoms with E-state index in [1.54, 1.807) is 12.1 Å². The van der Waals surface area contributed by atoms with Gasteiger partial charge < -0.3 is 10.6 Å². The molecule has 0 amide bonds. The van der Waals surface area contributed by atoms with Crippen molar-refractivity contribution in [3.05, 3.63) is 71.4 Å². The highest BCUT2D eigenvalue weighted by atomic mass is 19.4. The first-order valence-corrected chi connectivity index (χ1v) is 9.98. The topological polar surface area (TPSA) is 49.8 Å². The highest BCUT2D eigenvalue weighted by Crippen LogP contribution is 2.36. The SMILES string of the molecule is CCc1ccccc1Nc1nc(Nc2ccc(C(C)CC)cc2)ncc1C(F)(F)F. The molecular formula is C23H25F3N4. The largest absolute Gasteiger partial charge is 0.421 e. The van der Waals surface area contributed by atoms with Crippen molar-refractivity contribution in [2.24, 2.45) is 0 Å². The van der Waals surface area contributed by atoms with Crippen molar-refractivity contribution in [1.29, 1.82) is 0 Å². The average molecular weight is 414 g/mol. The number of nitrogens with zero attached hydrogens (tertiary/aromatic N) is 2. The zero-order valence-corrected chi connectivity index (χ0v) is 17.2. The van der Waals surface area contributed by atoms with E-state index in [0.29, 0.717) is 23.7 Å². The van der Waals surface area contributed by atoms with Crippen molar-refractivity contribution in [3.63, 3.8) is 0 Å². The first kappa shape index (κ1) is 21.6. The lowest BCUT2D eigenvalue weighted by molar-refractivity contribution is -0.137. The van der Waals surface area contributed by atoms with Crippen LogP contribution in [-0.2, 0) is 12.6 Å². The van der Waals surface area contributed by atoms with E-state index in [9.17, 15) is 13.2 Å². The van der Waals surface area contributed by atoms with Gasteiger partial charge in [0, 0.05) is 17.6 Å². The highest BCUT2D eigenvalue weighted by molar-refractivity contribution is 5.65. The number of para-hydroxylation sites is 1. The van der Waals surface area contributed by atoms with Gasteiger partial charge in [0.25, 0.3) is 0 Å². The molecule has 1 heterocycles. The van der Waals surface area contributed by atoms with Gasteiger partial charge in [-0.05, 0) is 48.1 Å². The van der Waals surface area contributed by atoms with Crippen molar-refractivity contribution in [3.8, 4) is 0 Å². The molecule has 0 spiro atoms. The quantitative estimate of drug-likeness (QED) is 0.435. The van der Waals surface area contributed by atoms with E-state index in [0.717, 1.165) is 18.2 Å². The third-order valence-electron chi connectivity index (χ3n) is 5.09. The zero-order valence-electron chi connectivity index (χ0n) is 17.2. The van der Waals surface area contributed by atoms with E-state index < -0.39 is 11.7 Å². The smallest absolute Gasteiger partial charge is 0.339 e. The van der Waals surface area contributed by atoms with Gasteiger partial charge in [-0.15, -0.1) is 0 Å². The molecule has 7 heteroatoms. The standard InChI is InChI=1S/C23H25F3N4/c1-4-15(3)17-10-12-18(13-11-17)28-22-27-14-19(23(24,25)26)21(30-22)29-20-9-7-6-8-16(20)5-2/h6-15H,4-5H2,1-3H3,(H2,27,28,29,30).